The Balaban J connectivity index is 0.00000392. The Morgan fingerprint density at radius 3 is 2.04 bits per heavy atom. The Hall–Kier alpha value is -1.93. The zero-order valence-electron chi connectivity index (χ0n) is 16.4. The molecule has 0 aliphatic rings. The highest BCUT2D eigenvalue weighted by atomic mass is 35.5. The number of carbonyl (C=O) groups is 1. The summed E-state index contributed by atoms with van der Waals surface area (Å²) in [5, 5.41) is 2.92. The number of hydrogen-bond donors (Lipinski definition) is 2. The van der Waals surface area contributed by atoms with Gasteiger partial charge in [-0.15, -0.1) is 12.4 Å². The van der Waals surface area contributed by atoms with Crippen LogP contribution in [-0.4, -0.2) is 31.7 Å². The molecule has 0 radical (unpaired) electrons. The second-order valence-corrected chi connectivity index (χ2v) is 8.19. The lowest BCUT2D eigenvalue weighted by molar-refractivity contribution is 0.0940. The fourth-order valence-corrected chi connectivity index (χ4v) is 4.25. The molecule has 0 saturated carbocycles. The first-order valence-electron chi connectivity index (χ1n) is 9.03. The summed E-state index contributed by atoms with van der Waals surface area (Å²) in [6.07, 6.45) is 0. The van der Waals surface area contributed by atoms with Crippen LogP contribution in [0.3, 0.4) is 0 Å². The molecule has 6 nitrogen and oxygen atoms in total. The molecule has 1 atom stereocenters. The van der Waals surface area contributed by atoms with E-state index in [0.29, 0.717) is 25.2 Å². The molecule has 2 aromatic carbocycles. The fraction of sp³-hybridized carbons (Fsp3) is 0.350. The van der Waals surface area contributed by atoms with Crippen molar-refractivity contribution in [3.8, 4) is 0 Å². The van der Waals surface area contributed by atoms with Crippen molar-refractivity contribution in [3.63, 3.8) is 0 Å². The summed E-state index contributed by atoms with van der Waals surface area (Å²) in [6.45, 7) is 6.77. The molecule has 1 unspecified atom stereocenters. The molecule has 0 saturated heterocycles. The molecule has 1 amide bonds. The minimum atomic E-state index is -3.48. The predicted molar refractivity (Wildman–Crippen MR) is 114 cm³/mol. The molecule has 0 aliphatic heterocycles. The van der Waals surface area contributed by atoms with Gasteiger partial charge in [0.1, 0.15) is 0 Å². The average molecular weight is 426 g/mol. The molecule has 154 valence electrons. The third kappa shape index (κ3) is 5.54. The highest BCUT2D eigenvalue weighted by Crippen LogP contribution is 2.20. The lowest BCUT2D eigenvalue weighted by Gasteiger charge is -2.19. The van der Waals surface area contributed by atoms with E-state index in [-0.39, 0.29) is 29.3 Å². The molecule has 8 heteroatoms. The largest absolute Gasteiger partial charge is 0.346 e. The van der Waals surface area contributed by atoms with Gasteiger partial charge >= 0.3 is 0 Å². The van der Waals surface area contributed by atoms with Crippen LogP contribution >= 0.6 is 12.4 Å². The van der Waals surface area contributed by atoms with Gasteiger partial charge < -0.3 is 11.1 Å². The molecule has 0 bridgehead atoms. The topological polar surface area (TPSA) is 92.5 Å². The number of rotatable bonds is 8. The number of halogens is 1. The first kappa shape index (κ1) is 24.1. The van der Waals surface area contributed by atoms with E-state index in [0.717, 1.165) is 11.1 Å². The Kier molecular flexibility index (Phi) is 9.10. The SMILES string of the molecule is CCN(CC)S(=O)(=O)c1ccc(C(C)NC(=O)c2ccc(CN)cc2)cc1.Cl. The molecule has 2 rings (SSSR count). The molecular weight excluding hydrogens is 398 g/mol. The van der Waals surface area contributed by atoms with Crippen LogP contribution in [0, 0.1) is 0 Å². The van der Waals surface area contributed by atoms with E-state index >= 15 is 0 Å². The summed E-state index contributed by atoms with van der Waals surface area (Å²) in [5.41, 5.74) is 7.92. The molecule has 0 fully saturated rings. The number of carbonyl (C=O) groups excluding carboxylic acids is 1. The van der Waals surface area contributed by atoms with Crippen LogP contribution in [0.5, 0.6) is 0 Å². The fourth-order valence-electron chi connectivity index (χ4n) is 2.80. The van der Waals surface area contributed by atoms with Gasteiger partial charge in [0.25, 0.3) is 5.91 Å². The van der Waals surface area contributed by atoms with Gasteiger partial charge in [0.2, 0.25) is 10.0 Å². The van der Waals surface area contributed by atoms with Crippen LogP contribution in [0.4, 0.5) is 0 Å². The van der Waals surface area contributed by atoms with Crippen molar-refractivity contribution in [3.05, 3.63) is 65.2 Å². The van der Waals surface area contributed by atoms with Gasteiger partial charge in [0.15, 0.2) is 0 Å². The van der Waals surface area contributed by atoms with Gasteiger partial charge in [0.05, 0.1) is 10.9 Å². The summed E-state index contributed by atoms with van der Waals surface area (Å²) in [4.78, 5) is 12.6. The molecular formula is C20H28ClN3O3S. The maximum Gasteiger partial charge on any atom is 0.251 e. The summed E-state index contributed by atoms with van der Waals surface area (Å²) < 4.78 is 26.5. The highest BCUT2D eigenvalue weighted by molar-refractivity contribution is 7.89. The van der Waals surface area contributed by atoms with Crippen molar-refractivity contribution in [2.45, 2.75) is 38.3 Å². The second-order valence-electron chi connectivity index (χ2n) is 6.25. The summed E-state index contributed by atoms with van der Waals surface area (Å²) in [7, 11) is -3.48. The maximum absolute atomic E-state index is 12.5. The van der Waals surface area contributed by atoms with E-state index in [1.54, 1.807) is 36.4 Å². The first-order valence-corrected chi connectivity index (χ1v) is 10.5. The third-order valence-corrected chi connectivity index (χ3v) is 6.59. The van der Waals surface area contributed by atoms with Crippen LogP contribution in [-0.2, 0) is 16.6 Å². The minimum Gasteiger partial charge on any atom is -0.346 e. The second kappa shape index (κ2) is 10.6. The van der Waals surface area contributed by atoms with Gasteiger partial charge in [-0.1, -0.05) is 38.1 Å². The smallest absolute Gasteiger partial charge is 0.251 e. The number of hydrogen-bond acceptors (Lipinski definition) is 4. The van der Waals surface area contributed by atoms with Gasteiger partial charge in [-0.2, -0.15) is 4.31 Å². The molecule has 2 aromatic rings. The van der Waals surface area contributed by atoms with E-state index in [9.17, 15) is 13.2 Å². The maximum atomic E-state index is 12.5. The van der Waals surface area contributed by atoms with E-state index < -0.39 is 10.0 Å². The third-order valence-electron chi connectivity index (χ3n) is 4.52. The number of nitrogens with zero attached hydrogens (tertiary/aromatic N) is 1. The molecule has 0 aliphatic carbocycles. The number of nitrogens with one attached hydrogen (secondary N) is 1. The van der Waals surface area contributed by atoms with Crippen molar-refractivity contribution in [2.24, 2.45) is 5.73 Å². The van der Waals surface area contributed by atoms with Gasteiger partial charge in [-0.05, 0) is 42.3 Å². The van der Waals surface area contributed by atoms with Gasteiger partial charge in [0, 0.05) is 25.2 Å². The van der Waals surface area contributed by atoms with Crippen molar-refractivity contribution < 1.29 is 13.2 Å². The van der Waals surface area contributed by atoms with Crippen LogP contribution in [0.15, 0.2) is 53.4 Å². The quantitative estimate of drug-likeness (QED) is 0.679. The van der Waals surface area contributed by atoms with Gasteiger partial charge in [-0.3, -0.25) is 4.79 Å². The van der Waals surface area contributed by atoms with E-state index in [4.69, 9.17) is 5.73 Å². The Morgan fingerprint density at radius 1 is 1.04 bits per heavy atom. The molecule has 3 N–H and O–H groups in total. The highest BCUT2D eigenvalue weighted by Gasteiger charge is 2.21. The van der Waals surface area contributed by atoms with Crippen LogP contribution < -0.4 is 11.1 Å². The molecule has 0 heterocycles. The van der Waals surface area contributed by atoms with Crippen LogP contribution in [0.1, 0.15) is 48.3 Å². The van der Waals surface area contributed by atoms with Crippen LogP contribution in [0.2, 0.25) is 0 Å². The average Bonchev–Trinajstić information content (AvgIpc) is 2.68. The summed E-state index contributed by atoms with van der Waals surface area (Å²) >= 11 is 0. The van der Waals surface area contributed by atoms with E-state index in [1.165, 1.54) is 4.31 Å². The Bertz CT molecular complexity index is 865. The lowest BCUT2D eigenvalue weighted by Crippen LogP contribution is -2.30. The van der Waals surface area contributed by atoms with E-state index in [2.05, 4.69) is 5.32 Å². The predicted octanol–water partition coefficient (Wildman–Crippen LogP) is 3.09. The van der Waals surface area contributed by atoms with Crippen LogP contribution in [0.25, 0.3) is 0 Å². The molecule has 28 heavy (non-hydrogen) atoms. The van der Waals surface area contributed by atoms with Crippen molar-refractivity contribution in [2.75, 3.05) is 13.1 Å². The van der Waals surface area contributed by atoms with E-state index in [1.807, 2.05) is 32.9 Å². The van der Waals surface area contributed by atoms with Gasteiger partial charge in [-0.25, -0.2) is 8.42 Å². The zero-order valence-corrected chi connectivity index (χ0v) is 18.0. The van der Waals surface area contributed by atoms with Crippen molar-refractivity contribution in [1.29, 1.82) is 0 Å². The van der Waals surface area contributed by atoms with Crippen molar-refractivity contribution in [1.82, 2.24) is 9.62 Å². The Labute approximate surface area is 173 Å². The summed E-state index contributed by atoms with van der Waals surface area (Å²) in [5.74, 6) is -0.189. The molecule has 0 aromatic heterocycles. The number of nitrogens with two attached hydrogens (primary N) is 1. The normalized spacial score (nSPS) is 12.3. The minimum absolute atomic E-state index is 0. The molecule has 0 spiro atoms. The Morgan fingerprint density at radius 2 is 1.57 bits per heavy atom. The standard InChI is InChI=1S/C20H27N3O3S.ClH/c1-4-23(5-2)27(25,26)19-12-10-17(11-13-19)15(3)22-20(24)18-8-6-16(14-21)7-9-18;/h6-13,15H,4-5,14,21H2,1-3H3,(H,22,24);1H. The monoisotopic (exact) mass is 425 g/mol. The number of benzene rings is 2. The number of amides is 1. The van der Waals surface area contributed by atoms with Crippen molar-refractivity contribution >= 4 is 28.3 Å². The number of sulfonamides is 1. The first-order chi connectivity index (χ1) is 12.8. The zero-order chi connectivity index (χ0) is 20.0. The lowest BCUT2D eigenvalue weighted by atomic mass is 10.1. The summed E-state index contributed by atoms with van der Waals surface area (Å²) in [6, 6.07) is 13.5.